The molecule has 0 aliphatic rings. The lowest BCUT2D eigenvalue weighted by Gasteiger charge is -2.28. The van der Waals surface area contributed by atoms with Gasteiger partial charge in [0.25, 0.3) is 0 Å². The van der Waals surface area contributed by atoms with Crippen molar-refractivity contribution in [1.82, 2.24) is 0 Å². The molecule has 0 spiro atoms. The van der Waals surface area contributed by atoms with Gasteiger partial charge in [0.05, 0.1) is 5.69 Å². The maximum absolute atomic E-state index is 6.54. The summed E-state index contributed by atoms with van der Waals surface area (Å²) in [5.41, 5.74) is 12.7. The average Bonchev–Trinajstić information content (AvgIpc) is 3.94. The molecule has 3 heterocycles. The lowest BCUT2D eigenvalue weighted by molar-refractivity contribution is 0.668. The maximum Gasteiger partial charge on any atom is 0.137 e. The summed E-state index contributed by atoms with van der Waals surface area (Å²) >= 11 is 0. The molecule has 4 heteroatoms. The lowest BCUT2D eigenvalue weighted by Crippen LogP contribution is -2.11. The van der Waals surface area contributed by atoms with Gasteiger partial charge in [-0.3, -0.25) is 0 Å². The Morgan fingerprint density at radius 3 is 1.62 bits per heavy atom. The number of benzene rings is 9. The first-order valence-electron chi connectivity index (χ1n) is 18.9. The highest BCUT2D eigenvalue weighted by molar-refractivity contribution is 6.17. The minimum absolute atomic E-state index is 0.844. The number of hydrogen-bond acceptors (Lipinski definition) is 4. The van der Waals surface area contributed by atoms with Gasteiger partial charge in [0, 0.05) is 55.3 Å². The first kappa shape index (κ1) is 30.9. The molecule has 0 amide bonds. The van der Waals surface area contributed by atoms with Crippen LogP contribution in [0.1, 0.15) is 0 Å². The summed E-state index contributed by atoms with van der Waals surface area (Å²) in [6.07, 6.45) is 0. The van der Waals surface area contributed by atoms with Crippen molar-refractivity contribution >= 4 is 93.7 Å². The second-order valence-corrected chi connectivity index (χ2v) is 14.5. The summed E-state index contributed by atoms with van der Waals surface area (Å²) in [5, 5.41) is 9.01. The van der Waals surface area contributed by atoms with Crippen molar-refractivity contribution in [2.24, 2.45) is 0 Å². The Bertz CT molecular complexity index is 3490. The normalized spacial score (nSPS) is 11.9. The topological polar surface area (TPSA) is 42.7 Å². The molecule has 0 fully saturated rings. The molecule has 0 aliphatic heterocycles. The summed E-state index contributed by atoms with van der Waals surface area (Å²) in [4.78, 5) is 2.34. The van der Waals surface area contributed by atoms with Crippen LogP contribution in [0.2, 0.25) is 0 Å². The molecule has 0 radical (unpaired) electrons. The van der Waals surface area contributed by atoms with E-state index < -0.39 is 0 Å². The highest BCUT2D eigenvalue weighted by atomic mass is 16.3. The molecule has 12 rings (SSSR count). The zero-order valence-electron chi connectivity index (χ0n) is 30.1. The van der Waals surface area contributed by atoms with E-state index in [0.29, 0.717) is 0 Å². The van der Waals surface area contributed by atoms with E-state index >= 15 is 0 Å². The van der Waals surface area contributed by atoms with Gasteiger partial charge in [0.2, 0.25) is 0 Å². The molecule has 0 aliphatic carbocycles. The number of rotatable bonds is 5. The van der Waals surface area contributed by atoms with E-state index in [9.17, 15) is 0 Å². The zero-order valence-corrected chi connectivity index (χ0v) is 30.1. The number of para-hydroxylation sites is 3. The molecule has 12 aromatic rings. The third-order valence-electron chi connectivity index (χ3n) is 11.3. The molecule has 4 nitrogen and oxygen atoms in total. The quantitative estimate of drug-likeness (QED) is 0.178. The molecule has 0 atom stereocenters. The second kappa shape index (κ2) is 12.0. The molecule has 262 valence electrons. The van der Waals surface area contributed by atoms with Crippen LogP contribution in [0.4, 0.5) is 17.1 Å². The molecule has 3 aromatic heterocycles. The smallest absolute Gasteiger partial charge is 0.137 e. The summed E-state index contributed by atoms with van der Waals surface area (Å²) in [6, 6.07) is 66.2. The fraction of sp³-hybridized carbons (Fsp3) is 0. The summed E-state index contributed by atoms with van der Waals surface area (Å²) in [6.45, 7) is 0. The standard InChI is InChI=1S/C52H31NO3/c1-2-11-34-29-50-44(28-33(34)10-1)52-43(15-9-19-48(52)56-50)38-12-3-6-16-45(38)53(37-25-27-42-40-14-5-8-18-47(40)55-51(42)31-37)36-23-20-32(21-24-36)35-22-26-41-39-13-4-7-17-46(39)54-49(41)30-35/h1-31H. The third-order valence-corrected chi connectivity index (χ3v) is 11.3. The van der Waals surface area contributed by atoms with Crippen molar-refractivity contribution in [3.8, 4) is 22.3 Å². The zero-order chi connectivity index (χ0) is 36.7. The van der Waals surface area contributed by atoms with E-state index in [2.05, 4.69) is 169 Å². The first-order chi connectivity index (χ1) is 27.7. The van der Waals surface area contributed by atoms with Crippen molar-refractivity contribution in [3.63, 3.8) is 0 Å². The Kier molecular flexibility index (Phi) is 6.60. The van der Waals surface area contributed by atoms with Crippen molar-refractivity contribution < 1.29 is 13.3 Å². The number of furan rings is 3. The van der Waals surface area contributed by atoms with Gasteiger partial charge in [-0.2, -0.15) is 0 Å². The van der Waals surface area contributed by atoms with Gasteiger partial charge < -0.3 is 18.2 Å². The Hall–Kier alpha value is -7.56. The fourth-order valence-corrected chi connectivity index (χ4v) is 8.62. The number of fused-ring (bicyclic) bond motifs is 10. The SMILES string of the molecule is c1ccc(N(c2ccc(-c3ccc4c(c3)oc3ccccc34)cc2)c2ccc3c(c2)oc2ccccc23)c(-c2cccc3oc4cc5ccccc5cc4c23)c1. The highest BCUT2D eigenvalue weighted by Gasteiger charge is 2.22. The number of anilines is 3. The average molecular weight is 718 g/mol. The van der Waals surface area contributed by atoms with E-state index in [-0.39, 0.29) is 0 Å². The maximum atomic E-state index is 6.54. The molecule has 0 N–H and O–H groups in total. The lowest BCUT2D eigenvalue weighted by atomic mass is 9.96. The molecule has 0 unspecified atom stereocenters. The van der Waals surface area contributed by atoms with Crippen molar-refractivity contribution in [2.75, 3.05) is 4.90 Å². The van der Waals surface area contributed by atoms with Gasteiger partial charge in [-0.25, -0.2) is 0 Å². The first-order valence-corrected chi connectivity index (χ1v) is 18.9. The predicted molar refractivity (Wildman–Crippen MR) is 231 cm³/mol. The number of hydrogen-bond donors (Lipinski definition) is 0. The molecular weight excluding hydrogens is 687 g/mol. The van der Waals surface area contributed by atoms with Crippen LogP contribution in [0, 0.1) is 0 Å². The molecule has 0 saturated carbocycles. The summed E-state index contributed by atoms with van der Waals surface area (Å²) in [5.74, 6) is 0. The van der Waals surface area contributed by atoms with Gasteiger partial charge >= 0.3 is 0 Å². The minimum Gasteiger partial charge on any atom is -0.456 e. The van der Waals surface area contributed by atoms with Gasteiger partial charge in [0.1, 0.15) is 33.5 Å². The molecule has 0 bridgehead atoms. The van der Waals surface area contributed by atoms with Gasteiger partial charge in [0.15, 0.2) is 0 Å². The van der Waals surface area contributed by atoms with Crippen molar-refractivity contribution in [1.29, 1.82) is 0 Å². The Balaban J connectivity index is 1.05. The number of nitrogens with zero attached hydrogens (tertiary/aromatic N) is 1. The van der Waals surface area contributed by atoms with E-state index in [0.717, 1.165) is 111 Å². The molecule has 9 aromatic carbocycles. The highest BCUT2D eigenvalue weighted by Crippen LogP contribution is 2.46. The van der Waals surface area contributed by atoms with E-state index in [1.54, 1.807) is 0 Å². The summed E-state index contributed by atoms with van der Waals surface area (Å²) in [7, 11) is 0. The minimum atomic E-state index is 0.844. The van der Waals surface area contributed by atoms with Crippen LogP contribution in [-0.2, 0) is 0 Å². The molecule has 56 heavy (non-hydrogen) atoms. The van der Waals surface area contributed by atoms with Gasteiger partial charge in [-0.05, 0) is 100 Å². The van der Waals surface area contributed by atoms with Crippen LogP contribution >= 0.6 is 0 Å². The summed E-state index contributed by atoms with van der Waals surface area (Å²) < 4.78 is 19.2. The largest absolute Gasteiger partial charge is 0.456 e. The van der Waals surface area contributed by atoms with Crippen molar-refractivity contribution in [3.05, 3.63) is 188 Å². The fourth-order valence-electron chi connectivity index (χ4n) is 8.62. The molecular formula is C52H31NO3. The van der Waals surface area contributed by atoms with Crippen LogP contribution in [0.3, 0.4) is 0 Å². The Labute approximate surface area is 321 Å². The molecule has 0 saturated heterocycles. The second-order valence-electron chi connectivity index (χ2n) is 14.5. The Morgan fingerprint density at radius 1 is 0.304 bits per heavy atom. The van der Waals surface area contributed by atoms with Gasteiger partial charge in [-0.1, -0.05) is 109 Å². The van der Waals surface area contributed by atoms with E-state index in [4.69, 9.17) is 13.3 Å². The Morgan fingerprint density at radius 2 is 0.839 bits per heavy atom. The predicted octanol–water partition coefficient (Wildman–Crippen LogP) is 15.3. The van der Waals surface area contributed by atoms with Gasteiger partial charge in [-0.15, -0.1) is 0 Å². The van der Waals surface area contributed by atoms with Crippen LogP contribution in [-0.4, -0.2) is 0 Å². The van der Waals surface area contributed by atoms with Crippen molar-refractivity contribution in [2.45, 2.75) is 0 Å². The van der Waals surface area contributed by atoms with Crippen LogP contribution in [0.15, 0.2) is 201 Å². The van der Waals surface area contributed by atoms with E-state index in [1.165, 1.54) is 5.39 Å². The third kappa shape index (κ3) is 4.73. The van der Waals surface area contributed by atoms with Crippen LogP contribution in [0.5, 0.6) is 0 Å². The monoisotopic (exact) mass is 717 g/mol. The van der Waals surface area contributed by atoms with Crippen LogP contribution < -0.4 is 4.90 Å². The van der Waals surface area contributed by atoms with Crippen LogP contribution in [0.25, 0.3) is 98.8 Å². The van der Waals surface area contributed by atoms with E-state index in [1.807, 2.05) is 24.3 Å².